The molecule has 6 nitrogen and oxygen atoms in total. The number of aliphatic hydroxyl groups excluding tert-OH is 2. The van der Waals surface area contributed by atoms with Crippen LogP contribution in [0.15, 0.2) is 30.6 Å². The highest BCUT2D eigenvalue weighted by molar-refractivity contribution is 5.44. The van der Waals surface area contributed by atoms with Crippen molar-refractivity contribution in [3.05, 3.63) is 41.9 Å². The minimum Gasteiger partial charge on any atom is -0.493 e. The molecule has 0 amide bonds. The number of nitrogens with zero attached hydrogens (tertiary/aromatic N) is 2. The van der Waals surface area contributed by atoms with Crippen molar-refractivity contribution in [2.45, 2.75) is 13.2 Å². The van der Waals surface area contributed by atoms with Gasteiger partial charge in [0.05, 0.1) is 38.4 Å². The minimum absolute atomic E-state index is 0.0730. The first-order valence-corrected chi connectivity index (χ1v) is 5.64. The van der Waals surface area contributed by atoms with Crippen LogP contribution in [-0.2, 0) is 13.2 Å². The number of rotatable bonds is 5. The van der Waals surface area contributed by atoms with Crippen molar-refractivity contribution < 1.29 is 19.7 Å². The third-order valence-electron chi connectivity index (χ3n) is 2.45. The first-order valence-electron chi connectivity index (χ1n) is 5.64. The number of aromatic nitrogens is 2. The lowest BCUT2D eigenvalue weighted by Gasteiger charge is -2.10. The Labute approximate surface area is 110 Å². The highest BCUT2D eigenvalue weighted by Gasteiger charge is 2.08. The molecule has 0 aliphatic carbocycles. The van der Waals surface area contributed by atoms with Gasteiger partial charge in [-0.15, -0.1) is 0 Å². The van der Waals surface area contributed by atoms with Crippen LogP contribution in [-0.4, -0.2) is 27.3 Å². The molecule has 0 saturated heterocycles. The maximum Gasteiger partial charge on any atom is 0.238 e. The Morgan fingerprint density at radius 3 is 2.63 bits per heavy atom. The zero-order valence-corrected chi connectivity index (χ0v) is 10.4. The highest BCUT2D eigenvalue weighted by atomic mass is 16.5. The van der Waals surface area contributed by atoms with Crippen LogP contribution in [0.5, 0.6) is 17.4 Å². The Kier molecular flexibility index (Phi) is 4.27. The molecular weight excluding hydrogens is 248 g/mol. The molecule has 0 aliphatic heterocycles. The molecule has 0 spiro atoms. The van der Waals surface area contributed by atoms with Gasteiger partial charge in [0.1, 0.15) is 0 Å². The summed E-state index contributed by atoms with van der Waals surface area (Å²) in [7, 11) is 1.51. The Bertz CT molecular complexity index is 560. The van der Waals surface area contributed by atoms with Crippen LogP contribution >= 0.6 is 0 Å². The maximum absolute atomic E-state index is 9.06. The molecule has 2 rings (SSSR count). The average Bonchev–Trinajstić information content (AvgIpc) is 2.48. The van der Waals surface area contributed by atoms with Crippen molar-refractivity contribution in [3.63, 3.8) is 0 Å². The summed E-state index contributed by atoms with van der Waals surface area (Å²) in [5.74, 6) is 1.22. The predicted molar refractivity (Wildman–Crippen MR) is 66.9 cm³/mol. The summed E-state index contributed by atoms with van der Waals surface area (Å²) < 4.78 is 10.7. The van der Waals surface area contributed by atoms with Gasteiger partial charge in [0.2, 0.25) is 5.88 Å². The third-order valence-corrected chi connectivity index (χ3v) is 2.45. The van der Waals surface area contributed by atoms with Gasteiger partial charge in [0, 0.05) is 0 Å². The summed E-state index contributed by atoms with van der Waals surface area (Å²) in [6.45, 7) is -0.277. The molecule has 0 radical (unpaired) electrons. The number of hydrogen-bond acceptors (Lipinski definition) is 6. The van der Waals surface area contributed by atoms with Crippen molar-refractivity contribution in [3.8, 4) is 17.4 Å². The van der Waals surface area contributed by atoms with Gasteiger partial charge >= 0.3 is 0 Å². The zero-order valence-electron chi connectivity index (χ0n) is 10.4. The summed E-state index contributed by atoms with van der Waals surface area (Å²) in [6, 6.07) is 5.08. The predicted octanol–water partition coefficient (Wildman–Crippen LogP) is 1.26. The van der Waals surface area contributed by atoms with Gasteiger partial charge in [0.25, 0.3) is 0 Å². The van der Waals surface area contributed by atoms with Gasteiger partial charge in [-0.3, -0.25) is 4.98 Å². The molecule has 0 unspecified atom stereocenters. The molecule has 1 heterocycles. The Morgan fingerprint density at radius 1 is 1.11 bits per heavy atom. The second kappa shape index (κ2) is 6.12. The van der Waals surface area contributed by atoms with Gasteiger partial charge in [0.15, 0.2) is 11.5 Å². The van der Waals surface area contributed by atoms with E-state index < -0.39 is 0 Å². The molecule has 0 fully saturated rings. The lowest BCUT2D eigenvalue weighted by atomic mass is 10.2. The van der Waals surface area contributed by atoms with Crippen LogP contribution in [0, 0.1) is 0 Å². The molecule has 1 aromatic carbocycles. The lowest BCUT2D eigenvalue weighted by molar-refractivity contribution is 0.274. The summed E-state index contributed by atoms with van der Waals surface area (Å²) >= 11 is 0. The Balaban J connectivity index is 2.26. The van der Waals surface area contributed by atoms with E-state index in [1.165, 1.54) is 19.5 Å². The van der Waals surface area contributed by atoms with E-state index in [4.69, 9.17) is 19.7 Å². The summed E-state index contributed by atoms with van der Waals surface area (Å²) in [4.78, 5) is 7.98. The van der Waals surface area contributed by atoms with E-state index in [9.17, 15) is 0 Å². The van der Waals surface area contributed by atoms with E-state index in [0.717, 1.165) is 5.56 Å². The van der Waals surface area contributed by atoms with Crippen LogP contribution in [0.3, 0.4) is 0 Å². The molecule has 0 atom stereocenters. The van der Waals surface area contributed by atoms with E-state index in [1.807, 2.05) is 0 Å². The van der Waals surface area contributed by atoms with Crippen LogP contribution in [0.2, 0.25) is 0 Å². The third kappa shape index (κ3) is 3.18. The van der Waals surface area contributed by atoms with Crippen molar-refractivity contribution in [2.24, 2.45) is 0 Å². The van der Waals surface area contributed by atoms with E-state index in [0.29, 0.717) is 17.2 Å². The summed E-state index contributed by atoms with van der Waals surface area (Å²) in [6.07, 6.45) is 2.90. The van der Waals surface area contributed by atoms with Gasteiger partial charge in [-0.1, -0.05) is 6.07 Å². The minimum atomic E-state index is -0.204. The van der Waals surface area contributed by atoms with E-state index in [2.05, 4.69) is 9.97 Å². The van der Waals surface area contributed by atoms with Crippen LogP contribution in [0.1, 0.15) is 11.3 Å². The molecule has 2 aromatic rings. The lowest BCUT2D eigenvalue weighted by Crippen LogP contribution is -1.97. The zero-order chi connectivity index (χ0) is 13.7. The Morgan fingerprint density at radius 2 is 1.95 bits per heavy atom. The summed E-state index contributed by atoms with van der Waals surface area (Å²) in [5.41, 5.74) is 1.14. The van der Waals surface area contributed by atoms with E-state index >= 15 is 0 Å². The number of hydrogen-bond donors (Lipinski definition) is 2. The van der Waals surface area contributed by atoms with Crippen LogP contribution in [0.4, 0.5) is 0 Å². The van der Waals surface area contributed by atoms with Gasteiger partial charge in [-0.2, -0.15) is 0 Å². The first kappa shape index (κ1) is 13.3. The molecule has 0 bridgehead atoms. The second-order valence-electron chi connectivity index (χ2n) is 3.75. The fourth-order valence-corrected chi connectivity index (χ4v) is 1.52. The highest BCUT2D eigenvalue weighted by Crippen LogP contribution is 2.31. The largest absolute Gasteiger partial charge is 0.493 e. The van der Waals surface area contributed by atoms with Crippen molar-refractivity contribution in [1.29, 1.82) is 0 Å². The van der Waals surface area contributed by atoms with Crippen molar-refractivity contribution in [1.82, 2.24) is 9.97 Å². The van der Waals surface area contributed by atoms with Crippen LogP contribution < -0.4 is 9.47 Å². The summed E-state index contributed by atoms with van der Waals surface area (Å²) in [5, 5.41) is 18.0. The van der Waals surface area contributed by atoms with Crippen molar-refractivity contribution in [2.75, 3.05) is 7.11 Å². The number of aliphatic hydroxyl groups is 2. The van der Waals surface area contributed by atoms with Gasteiger partial charge in [-0.05, 0) is 17.7 Å². The van der Waals surface area contributed by atoms with Crippen molar-refractivity contribution >= 4 is 0 Å². The molecular formula is C13H14N2O4. The number of ether oxygens (including phenoxy) is 2. The number of methoxy groups -OCH3 is 1. The fourth-order valence-electron chi connectivity index (χ4n) is 1.52. The van der Waals surface area contributed by atoms with Crippen LogP contribution in [0.25, 0.3) is 0 Å². The molecule has 2 N–H and O–H groups in total. The topological polar surface area (TPSA) is 84.7 Å². The second-order valence-corrected chi connectivity index (χ2v) is 3.75. The quantitative estimate of drug-likeness (QED) is 0.844. The molecule has 100 valence electrons. The van der Waals surface area contributed by atoms with E-state index in [1.54, 1.807) is 18.2 Å². The normalized spacial score (nSPS) is 10.3. The standard InChI is InChI=1S/C13H14N2O4/c1-18-12-4-9(7-16)2-3-11(12)19-13-6-14-5-10(8-17)15-13/h2-6,16-17H,7-8H2,1H3. The molecule has 1 aromatic heterocycles. The van der Waals surface area contributed by atoms with E-state index in [-0.39, 0.29) is 19.1 Å². The monoisotopic (exact) mass is 262 g/mol. The maximum atomic E-state index is 9.06. The number of benzene rings is 1. The fraction of sp³-hybridized carbons (Fsp3) is 0.231. The first-order chi connectivity index (χ1) is 9.26. The van der Waals surface area contributed by atoms with Gasteiger partial charge < -0.3 is 19.7 Å². The molecule has 0 aliphatic rings. The average molecular weight is 262 g/mol. The SMILES string of the molecule is COc1cc(CO)ccc1Oc1cncc(CO)n1. The molecule has 0 saturated carbocycles. The Hall–Kier alpha value is -2.18. The smallest absolute Gasteiger partial charge is 0.238 e. The van der Waals surface area contributed by atoms with Gasteiger partial charge in [-0.25, -0.2) is 4.98 Å². The molecule has 6 heteroatoms. The molecule has 19 heavy (non-hydrogen) atoms.